The summed E-state index contributed by atoms with van der Waals surface area (Å²) < 4.78 is 5.77. The molecule has 1 aromatic heterocycles. The molecule has 1 aromatic rings. The number of ether oxygens (including phenoxy) is 1. The van der Waals surface area contributed by atoms with Gasteiger partial charge in [-0.15, -0.1) is 0 Å². The van der Waals surface area contributed by atoms with Crippen LogP contribution in [0.4, 0.5) is 0 Å². The van der Waals surface area contributed by atoms with Gasteiger partial charge in [0.1, 0.15) is 0 Å². The average molecular weight is 279 g/mol. The minimum atomic E-state index is 0.195. The number of methoxy groups -OCH3 is 1. The first-order valence-electron chi connectivity index (χ1n) is 4.08. The van der Waals surface area contributed by atoms with E-state index < -0.39 is 0 Å². The van der Waals surface area contributed by atoms with Crippen molar-refractivity contribution in [2.24, 2.45) is 0 Å². The highest BCUT2D eigenvalue weighted by Gasteiger charge is 2.04. The number of aliphatic hydroxyl groups is 1. The number of halogens is 1. The summed E-state index contributed by atoms with van der Waals surface area (Å²) in [5.74, 6) is 1.34. The van der Waals surface area contributed by atoms with Crippen LogP contribution in [-0.4, -0.2) is 34.5 Å². The molecule has 78 valence electrons. The largest absolute Gasteiger partial charge is 0.480 e. The van der Waals surface area contributed by atoms with E-state index in [2.05, 4.69) is 25.9 Å². The highest BCUT2D eigenvalue weighted by atomic mass is 79.9. The molecule has 0 atom stereocenters. The molecule has 0 aliphatic heterocycles. The molecule has 0 aliphatic carbocycles. The summed E-state index contributed by atoms with van der Waals surface area (Å²) in [7, 11) is 1.56. The Hall–Kier alpha value is -0.330. The van der Waals surface area contributed by atoms with Crippen molar-refractivity contribution >= 4 is 27.7 Å². The zero-order valence-corrected chi connectivity index (χ0v) is 10.1. The monoisotopic (exact) mass is 278 g/mol. The van der Waals surface area contributed by atoms with Crippen LogP contribution in [0, 0.1) is 0 Å². The minimum Gasteiger partial charge on any atom is -0.480 e. The third kappa shape index (κ3) is 3.43. The highest BCUT2D eigenvalue weighted by molar-refractivity contribution is 9.10. The maximum Gasteiger partial charge on any atom is 0.231 e. The molecule has 0 aliphatic rings. The van der Waals surface area contributed by atoms with Gasteiger partial charge in [0.25, 0.3) is 0 Å². The molecule has 0 fully saturated rings. The van der Waals surface area contributed by atoms with Crippen molar-refractivity contribution in [3.05, 3.63) is 10.7 Å². The topological polar surface area (TPSA) is 55.2 Å². The van der Waals surface area contributed by atoms with Gasteiger partial charge in [-0.3, -0.25) is 0 Å². The summed E-state index contributed by atoms with van der Waals surface area (Å²) in [5, 5.41) is 9.27. The van der Waals surface area contributed by atoms with E-state index in [1.54, 1.807) is 13.3 Å². The standard InChI is InChI=1S/C8H11BrN2O2S/c1-13-7-6(9)5-10-8(11-7)14-4-2-3-12/h5,12H,2-4H2,1H3. The fourth-order valence-corrected chi connectivity index (χ4v) is 1.86. The Morgan fingerprint density at radius 1 is 1.64 bits per heavy atom. The first kappa shape index (κ1) is 11.7. The predicted molar refractivity (Wildman–Crippen MR) is 58.7 cm³/mol. The van der Waals surface area contributed by atoms with Crippen molar-refractivity contribution in [1.82, 2.24) is 9.97 Å². The molecule has 6 heteroatoms. The van der Waals surface area contributed by atoms with E-state index in [9.17, 15) is 0 Å². The van der Waals surface area contributed by atoms with E-state index in [1.807, 2.05) is 0 Å². The lowest BCUT2D eigenvalue weighted by atomic mass is 10.5. The smallest absolute Gasteiger partial charge is 0.231 e. The molecule has 0 saturated heterocycles. The van der Waals surface area contributed by atoms with Crippen LogP contribution in [-0.2, 0) is 0 Å². The zero-order valence-electron chi connectivity index (χ0n) is 7.73. The summed E-state index contributed by atoms with van der Waals surface area (Å²) >= 11 is 4.77. The molecule has 4 nitrogen and oxygen atoms in total. The Labute approximate surface area is 95.2 Å². The highest BCUT2D eigenvalue weighted by Crippen LogP contribution is 2.24. The minimum absolute atomic E-state index is 0.195. The predicted octanol–water partition coefficient (Wildman–Crippen LogP) is 1.72. The average Bonchev–Trinajstić information content (AvgIpc) is 2.21. The van der Waals surface area contributed by atoms with Gasteiger partial charge in [0.2, 0.25) is 5.88 Å². The lowest BCUT2D eigenvalue weighted by Gasteiger charge is -2.03. The van der Waals surface area contributed by atoms with Gasteiger partial charge in [-0.2, -0.15) is 4.98 Å². The normalized spacial score (nSPS) is 10.2. The van der Waals surface area contributed by atoms with Crippen molar-refractivity contribution in [2.45, 2.75) is 11.6 Å². The van der Waals surface area contributed by atoms with E-state index in [0.717, 1.165) is 16.6 Å². The second-order valence-corrected chi connectivity index (χ2v) is 4.35. The van der Waals surface area contributed by atoms with E-state index in [1.165, 1.54) is 11.8 Å². The van der Waals surface area contributed by atoms with E-state index in [0.29, 0.717) is 11.0 Å². The third-order valence-electron chi connectivity index (χ3n) is 1.42. The maximum absolute atomic E-state index is 8.60. The van der Waals surface area contributed by atoms with Crippen LogP contribution in [0.1, 0.15) is 6.42 Å². The summed E-state index contributed by atoms with van der Waals surface area (Å²) in [5.41, 5.74) is 0. The molecule has 0 saturated carbocycles. The first-order chi connectivity index (χ1) is 6.77. The SMILES string of the molecule is COc1nc(SCCCO)ncc1Br. The zero-order chi connectivity index (χ0) is 10.4. The number of hydrogen-bond acceptors (Lipinski definition) is 5. The summed E-state index contributed by atoms with van der Waals surface area (Å²) in [6.07, 6.45) is 2.40. The maximum atomic E-state index is 8.60. The number of aliphatic hydroxyl groups excluding tert-OH is 1. The Kier molecular flexibility index (Phi) is 5.21. The summed E-state index contributed by atoms with van der Waals surface area (Å²) in [6.45, 7) is 0.195. The van der Waals surface area contributed by atoms with Crippen molar-refractivity contribution in [2.75, 3.05) is 19.5 Å². The molecule has 0 bridgehead atoms. The molecular formula is C8H11BrN2O2S. The van der Waals surface area contributed by atoms with E-state index in [4.69, 9.17) is 9.84 Å². The number of rotatable bonds is 5. The quantitative estimate of drug-likeness (QED) is 0.505. The molecule has 0 amide bonds. The molecular weight excluding hydrogens is 268 g/mol. The second-order valence-electron chi connectivity index (χ2n) is 2.44. The number of aromatic nitrogens is 2. The van der Waals surface area contributed by atoms with Gasteiger partial charge in [0.15, 0.2) is 5.16 Å². The molecule has 1 heterocycles. The molecule has 1 N–H and O–H groups in total. The second kappa shape index (κ2) is 6.21. The Bertz CT molecular complexity index is 299. The van der Waals surface area contributed by atoms with Crippen LogP contribution in [0.15, 0.2) is 15.8 Å². The first-order valence-corrected chi connectivity index (χ1v) is 5.86. The number of thioether (sulfide) groups is 1. The van der Waals surface area contributed by atoms with E-state index >= 15 is 0 Å². The molecule has 0 unspecified atom stereocenters. The van der Waals surface area contributed by atoms with Crippen LogP contribution in [0.25, 0.3) is 0 Å². The van der Waals surface area contributed by atoms with Crippen LogP contribution >= 0.6 is 27.7 Å². The summed E-state index contributed by atoms with van der Waals surface area (Å²) in [4.78, 5) is 8.27. The Morgan fingerprint density at radius 3 is 3.07 bits per heavy atom. The number of nitrogens with zero attached hydrogens (tertiary/aromatic N) is 2. The van der Waals surface area contributed by atoms with Gasteiger partial charge < -0.3 is 9.84 Å². The van der Waals surface area contributed by atoms with Crippen molar-refractivity contribution < 1.29 is 9.84 Å². The molecule has 0 aromatic carbocycles. The van der Waals surface area contributed by atoms with Gasteiger partial charge in [-0.1, -0.05) is 11.8 Å². The fourth-order valence-electron chi connectivity index (χ4n) is 0.777. The van der Waals surface area contributed by atoms with Gasteiger partial charge >= 0.3 is 0 Å². The molecule has 0 spiro atoms. The van der Waals surface area contributed by atoms with Crippen LogP contribution in [0.5, 0.6) is 5.88 Å². The summed E-state index contributed by atoms with van der Waals surface area (Å²) in [6, 6.07) is 0. The van der Waals surface area contributed by atoms with Gasteiger partial charge in [0.05, 0.1) is 11.6 Å². The number of hydrogen-bond donors (Lipinski definition) is 1. The van der Waals surface area contributed by atoms with Gasteiger partial charge in [-0.25, -0.2) is 4.98 Å². The van der Waals surface area contributed by atoms with Gasteiger partial charge in [-0.05, 0) is 22.4 Å². The lowest BCUT2D eigenvalue weighted by molar-refractivity contribution is 0.296. The third-order valence-corrected chi connectivity index (χ3v) is 2.91. The molecule has 14 heavy (non-hydrogen) atoms. The van der Waals surface area contributed by atoms with Crippen LogP contribution in [0.2, 0.25) is 0 Å². The van der Waals surface area contributed by atoms with Gasteiger partial charge in [0, 0.05) is 18.6 Å². The van der Waals surface area contributed by atoms with Crippen molar-refractivity contribution in [3.63, 3.8) is 0 Å². The van der Waals surface area contributed by atoms with Crippen molar-refractivity contribution in [3.8, 4) is 5.88 Å². The fraction of sp³-hybridized carbons (Fsp3) is 0.500. The molecule has 1 rings (SSSR count). The van der Waals surface area contributed by atoms with Crippen LogP contribution < -0.4 is 4.74 Å². The molecule has 0 radical (unpaired) electrons. The lowest BCUT2D eigenvalue weighted by Crippen LogP contribution is -1.94. The van der Waals surface area contributed by atoms with E-state index in [-0.39, 0.29) is 6.61 Å². The Balaban J connectivity index is 2.60. The van der Waals surface area contributed by atoms with Crippen LogP contribution in [0.3, 0.4) is 0 Å². The van der Waals surface area contributed by atoms with Crippen molar-refractivity contribution in [1.29, 1.82) is 0 Å². The Morgan fingerprint density at radius 2 is 2.43 bits per heavy atom.